The van der Waals surface area contributed by atoms with Gasteiger partial charge in [-0.2, -0.15) is 0 Å². The average Bonchev–Trinajstić information content (AvgIpc) is 2.32. The number of ketones is 1. The van der Waals surface area contributed by atoms with Crippen molar-refractivity contribution < 1.29 is 4.79 Å². The summed E-state index contributed by atoms with van der Waals surface area (Å²) >= 11 is 0. The second kappa shape index (κ2) is 8.05. The summed E-state index contributed by atoms with van der Waals surface area (Å²) in [6.45, 7) is 12.0. The molecule has 17 heavy (non-hydrogen) atoms. The van der Waals surface area contributed by atoms with E-state index in [0.717, 1.165) is 12.8 Å². The monoisotopic (exact) mass is 234 g/mol. The molecule has 1 heteroatoms. The van der Waals surface area contributed by atoms with E-state index in [4.69, 9.17) is 0 Å². The van der Waals surface area contributed by atoms with Crippen LogP contribution in [0.5, 0.6) is 0 Å². The second-order valence-electron chi connectivity index (χ2n) is 4.34. The Kier molecular flexibility index (Phi) is 7.53. The SMILES string of the molecule is CC.CCC(Cc1ccc(C)c(C)c1)C(C)=O. The fraction of sp³-hybridized carbons (Fsp3) is 0.562. The molecule has 1 aromatic rings. The molecule has 0 spiro atoms. The zero-order valence-corrected chi connectivity index (χ0v) is 12.1. The molecule has 0 aliphatic rings. The number of rotatable bonds is 4. The summed E-state index contributed by atoms with van der Waals surface area (Å²) < 4.78 is 0. The number of Topliss-reactive ketones (excluding diaryl/α,β-unsaturated/α-hetero) is 1. The highest BCUT2D eigenvalue weighted by atomic mass is 16.1. The number of hydrogen-bond donors (Lipinski definition) is 0. The summed E-state index contributed by atoms with van der Waals surface area (Å²) in [6, 6.07) is 6.46. The van der Waals surface area contributed by atoms with Crippen LogP contribution in [-0.4, -0.2) is 5.78 Å². The largest absolute Gasteiger partial charge is 0.300 e. The van der Waals surface area contributed by atoms with Crippen LogP contribution in [0.2, 0.25) is 0 Å². The first-order valence-corrected chi connectivity index (χ1v) is 6.61. The summed E-state index contributed by atoms with van der Waals surface area (Å²) in [7, 11) is 0. The molecule has 96 valence electrons. The van der Waals surface area contributed by atoms with Gasteiger partial charge in [-0.05, 0) is 50.3 Å². The third-order valence-electron chi connectivity index (χ3n) is 3.12. The van der Waals surface area contributed by atoms with Gasteiger partial charge in [0.1, 0.15) is 5.78 Å². The lowest BCUT2D eigenvalue weighted by molar-refractivity contribution is -0.120. The summed E-state index contributed by atoms with van der Waals surface area (Å²) in [5.74, 6) is 0.489. The highest BCUT2D eigenvalue weighted by Crippen LogP contribution is 2.16. The number of aryl methyl sites for hydroxylation is 2. The molecule has 1 rings (SSSR count). The topological polar surface area (TPSA) is 17.1 Å². The zero-order valence-electron chi connectivity index (χ0n) is 12.1. The second-order valence-corrected chi connectivity index (χ2v) is 4.34. The predicted molar refractivity (Wildman–Crippen MR) is 75.4 cm³/mol. The van der Waals surface area contributed by atoms with Crippen LogP contribution in [0.1, 0.15) is 50.8 Å². The van der Waals surface area contributed by atoms with Crippen molar-refractivity contribution in [3.8, 4) is 0 Å². The van der Waals surface area contributed by atoms with Gasteiger partial charge in [0.15, 0.2) is 0 Å². The lowest BCUT2D eigenvalue weighted by Crippen LogP contribution is -2.12. The van der Waals surface area contributed by atoms with Crippen molar-refractivity contribution in [3.05, 3.63) is 34.9 Å². The molecule has 0 aromatic heterocycles. The molecule has 0 bridgehead atoms. The van der Waals surface area contributed by atoms with E-state index in [9.17, 15) is 4.79 Å². The first-order chi connectivity index (χ1) is 8.04. The summed E-state index contributed by atoms with van der Waals surface area (Å²) in [5.41, 5.74) is 3.90. The molecule has 0 fully saturated rings. The fourth-order valence-electron chi connectivity index (χ4n) is 1.79. The maximum atomic E-state index is 11.3. The highest BCUT2D eigenvalue weighted by Gasteiger charge is 2.12. The van der Waals surface area contributed by atoms with Gasteiger partial charge in [0.05, 0.1) is 0 Å². The van der Waals surface area contributed by atoms with E-state index in [2.05, 4.69) is 39.0 Å². The van der Waals surface area contributed by atoms with E-state index in [1.165, 1.54) is 16.7 Å². The maximum Gasteiger partial charge on any atom is 0.133 e. The van der Waals surface area contributed by atoms with E-state index in [1.807, 2.05) is 13.8 Å². The molecule has 1 aromatic carbocycles. The van der Waals surface area contributed by atoms with Crippen molar-refractivity contribution in [3.63, 3.8) is 0 Å². The molecule has 1 unspecified atom stereocenters. The molecular formula is C16H26O. The number of hydrogen-bond acceptors (Lipinski definition) is 1. The van der Waals surface area contributed by atoms with Crippen LogP contribution < -0.4 is 0 Å². The third-order valence-corrected chi connectivity index (χ3v) is 3.12. The molecule has 0 amide bonds. The van der Waals surface area contributed by atoms with Gasteiger partial charge in [0.2, 0.25) is 0 Å². The van der Waals surface area contributed by atoms with E-state index in [1.54, 1.807) is 6.92 Å². The summed E-state index contributed by atoms with van der Waals surface area (Å²) in [6.07, 6.45) is 1.81. The smallest absolute Gasteiger partial charge is 0.133 e. The van der Waals surface area contributed by atoms with Gasteiger partial charge in [0.25, 0.3) is 0 Å². The number of carbonyl (C=O) groups is 1. The molecule has 0 aliphatic heterocycles. The Hall–Kier alpha value is -1.11. The van der Waals surface area contributed by atoms with E-state index in [-0.39, 0.29) is 5.92 Å². The number of carbonyl (C=O) groups excluding carboxylic acids is 1. The van der Waals surface area contributed by atoms with Gasteiger partial charge in [-0.15, -0.1) is 0 Å². The van der Waals surface area contributed by atoms with Gasteiger partial charge in [-0.25, -0.2) is 0 Å². The lowest BCUT2D eigenvalue weighted by atomic mass is 9.92. The van der Waals surface area contributed by atoms with Crippen molar-refractivity contribution in [2.24, 2.45) is 5.92 Å². The van der Waals surface area contributed by atoms with E-state index < -0.39 is 0 Å². The van der Waals surface area contributed by atoms with Gasteiger partial charge in [0, 0.05) is 5.92 Å². The molecule has 0 aliphatic carbocycles. The molecule has 0 saturated heterocycles. The Labute approximate surface area is 106 Å². The van der Waals surface area contributed by atoms with Crippen LogP contribution in [0.25, 0.3) is 0 Å². The van der Waals surface area contributed by atoms with Gasteiger partial charge in [-0.3, -0.25) is 4.79 Å². The predicted octanol–water partition coefficient (Wildman–Crippen LogP) is 4.49. The van der Waals surface area contributed by atoms with Crippen LogP contribution in [0, 0.1) is 19.8 Å². The van der Waals surface area contributed by atoms with E-state index in [0.29, 0.717) is 5.78 Å². The molecule has 0 radical (unpaired) electrons. The quantitative estimate of drug-likeness (QED) is 0.750. The first-order valence-electron chi connectivity index (χ1n) is 6.61. The average molecular weight is 234 g/mol. The van der Waals surface area contributed by atoms with E-state index >= 15 is 0 Å². The molecule has 1 atom stereocenters. The van der Waals surface area contributed by atoms with Crippen LogP contribution >= 0.6 is 0 Å². The van der Waals surface area contributed by atoms with Gasteiger partial charge >= 0.3 is 0 Å². The fourth-order valence-corrected chi connectivity index (χ4v) is 1.79. The van der Waals surface area contributed by atoms with Crippen LogP contribution in [0.15, 0.2) is 18.2 Å². The Morgan fingerprint density at radius 3 is 2.18 bits per heavy atom. The Bertz CT molecular complexity index is 353. The van der Waals surface area contributed by atoms with Crippen LogP contribution in [0.4, 0.5) is 0 Å². The third kappa shape index (κ3) is 5.16. The zero-order chi connectivity index (χ0) is 13.4. The van der Waals surface area contributed by atoms with Crippen molar-refractivity contribution >= 4 is 5.78 Å². The van der Waals surface area contributed by atoms with Gasteiger partial charge in [-0.1, -0.05) is 39.0 Å². The van der Waals surface area contributed by atoms with Crippen LogP contribution in [-0.2, 0) is 11.2 Å². The summed E-state index contributed by atoms with van der Waals surface area (Å²) in [5, 5.41) is 0. The Morgan fingerprint density at radius 1 is 1.18 bits per heavy atom. The summed E-state index contributed by atoms with van der Waals surface area (Å²) in [4.78, 5) is 11.3. The van der Waals surface area contributed by atoms with Crippen molar-refractivity contribution in [1.29, 1.82) is 0 Å². The normalized spacial score (nSPS) is 11.4. The molecule has 0 saturated carbocycles. The lowest BCUT2D eigenvalue weighted by Gasteiger charge is -2.12. The molecule has 0 N–H and O–H groups in total. The van der Waals surface area contributed by atoms with Crippen LogP contribution in [0.3, 0.4) is 0 Å². The Morgan fingerprint density at radius 2 is 1.76 bits per heavy atom. The standard InChI is InChI=1S/C14H20O.C2H6/c1-5-14(12(4)15)9-13-7-6-10(2)11(3)8-13;1-2/h6-8,14H,5,9H2,1-4H3;1-2H3. The van der Waals surface area contributed by atoms with Crippen molar-refractivity contribution in [2.75, 3.05) is 0 Å². The van der Waals surface area contributed by atoms with Crippen molar-refractivity contribution in [1.82, 2.24) is 0 Å². The van der Waals surface area contributed by atoms with Gasteiger partial charge < -0.3 is 0 Å². The number of benzene rings is 1. The van der Waals surface area contributed by atoms with Crippen molar-refractivity contribution in [2.45, 2.75) is 54.4 Å². The Balaban J connectivity index is 0.00000121. The first kappa shape index (κ1) is 15.9. The molecule has 0 heterocycles. The molecular weight excluding hydrogens is 208 g/mol. The highest BCUT2D eigenvalue weighted by molar-refractivity contribution is 5.78. The minimum absolute atomic E-state index is 0.187. The minimum Gasteiger partial charge on any atom is -0.300 e. The maximum absolute atomic E-state index is 11.3. The molecule has 1 nitrogen and oxygen atoms in total. The minimum atomic E-state index is 0.187.